The summed E-state index contributed by atoms with van der Waals surface area (Å²) in [4.78, 5) is 20.1. The molecule has 0 unspecified atom stereocenters. The topological polar surface area (TPSA) is 42.0 Å². The van der Waals surface area contributed by atoms with Crippen LogP contribution < -0.4 is 31.8 Å². The first-order valence-electron chi connectivity index (χ1n) is 17.8. The Morgan fingerprint density at radius 1 is 0.385 bits per heavy atom. The molecule has 268 valence electrons. The predicted octanol–water partition coefficient (Wildman–Crippen LogP) is 7.15. The van der Waals surface area contributed by atoms with Gasteiger partial charge in [0.2, 0.25) is 0 Å². The Morgan fingerprint density at radius 3 is 0.750 bits per heavy atom. The van der Waals surface area contributed by atoms with Crippen molar-refractivity contribution >= 4 is 51.6 Å². The Balaban J connectivity index is 1.71. The Bertz CT molecular complexity index is 1680. The molecule has 0 radical (unpaired) electrons. The summed E-state index contributed by atoms with van der Waals surface area (Å²) in [6, 6.07) is 62.1. The van der Waals surface area contributed by atoms with Gasteiger partial charge in [0, 0.05) is 0 Å². The first kappa shape index (κ1) is 37.1. The zero-order chi connectivity index (χ0) is 36.5. The standard InChI is InChI=1S/C45H50N2O3P2/c1-46(2)35-37-51(39-23-11-5-12-24-39,40-25-13-6-14-26-40,41-27-15-7-16-28-41)49-45(48)50-52(38-36-47(3)4,42-29-17-8-18-30-42,43-31-19-9-20-32-43)44-33-21-10-22-34-44/h5-34H,35-38H2,1-4H3. The van der Waals surface area contributed by atoms with Crippen molar-refractivity contribution in [1.82, 2.24) is 9.80 Å². The van der Waals surface area contributed by atoms with Gasteiger partial charge in [0.25, 0.3) is 0 Å². The molecule has 0 amide bonds. The molecule has 0 heterocycles. The molecule has 0 saturated carbocycles. The minimum absolute atomic E-state index is 0.557. The van der Waals surface area contributed by atoms with Crippen molar-refractivity contribution in [1.29, 1.82) is 0 Å². The molecule has 0 aromatic heterocycles. The van der Waals surface area contributed by atoms with E-state index in [0.717, 1.165) is 31.8 Å². The van der Waals surface area contributed by atoms with Crippen molar-refractivity contribution in [3.8, 4) is 0 Å². The zero-order valence-electron chi connectivity index (χ0n) is 30.7. The van der Waals surface area contributed by atoms with Gasteiger partial charge < -0.3 is 0 Å². The monoisotopic (exact) mass is 728 g/mol. The second kappa shape index (κ2) is 15.5. The molecule has 0 saturated heterocycles. The zero-order valence-corrected chi connectivity index (χ0v) is 32.5. The molecular weight excluding hydrogens is 678 g/mol. The van der Waals surface area contributed by atoms with E-state index in [9.17, 15) is 0 Å². The molecule has 0 N–H and O–H groups in total. The van der Waals surface area contributed by atoms with Crippen LogP contribution in [0, 0.1) is 0 Å². The van der Waals surface area contributed by atoms with Crippen LogP contribution in [-0.2, 0) is 9.05 Å². The number of benzene rings is 6. The normalized spacial score (nSPS) is 13.4. The van der Waals surface area contributed by atoms with Gasteiger partial charge in [-0.15, -0.1) is 0 Å². The predicted molar refractivity (Wildman–Crippen MR) is 225 cm³/mol. The van der Waals surface area contributed by atoms with Crippen LogP contribution in [0.25, 0.3) is 0 Å². The average molecular weight is 729 g/mol. The number of hydrogen-bond acceptors (Lipinski definition) is 5. The summed E-state index contributed by atoms with van der Waals surface area (Å²) < 4.78 is 15.1. The van der Waals surface area contributed by atoms with Gasteiger partial charge in [-0.05, 0) is 0 Å². The molecule has 6 aromatic rings. The third-order valence-corrected chi connectivity index (χ3v) is 21.9. The fourth-order valence-electron chi connectivity index (χ4n) is 7.66. The van der Waals surface area contributed by atoms with Crippen LogP contribution in [0.5, 0.6) is 0 Å². The van der Waals surface area contributed by atoms with E-state index in [1.54, 1.807) is 0 Å². The van der Waals surface area contributed by atoms with E-state index in [2.05, 4.69) is 111 Å². The Labute approximate surface area is 309 Å². The molecule has 0 fully saturated rings. The van der Waals surface area contributed by atoms with E-state index in [-0.39, 0.29) is 0 Å². The van der Waals surface area contributed by atoms with Gasteiger partial charge in [-0.1, -0.05) is 0 Å². The summed E-state index contributed by atoms with van der Waals surface area (Å²) in [5.74, 6) is 0. The van der Waals surface area contributed by atoms with E-state index in [0.29, 0.717) is 25.4 Å². The molecule has 6 aromatic carbocycles. The Hall–Kier alpha value is -4.63. The molecule has 0 bridgehead atoms. The third-order valence-electron chi connectivity index (χ3n) is 10.3. The summed E-state index contributed by atoms with van der Waals surface area (Å²) in [5, 5.41) is 5.82. The molecule has 0 spiro atoms. The third kappa shape index (κ3) is 6.48. The fraction of sp³-hybridized carbons (Fsp3) is 0.178. The Kier molecular flexibility index (Phi) is 11.1. The minimum atomic E-state index is -4.13. The van der Waals surface area contributed by atoms with Crippen molar-refractivity contribution in [3.05, 3.63) is 182 Å². The van der Waals surface area contributed by atoms with E-state index < -0.39 is 19.8 Å². The molecule has 5 nitrogen and oxygen atoms in total. The molecule has 52 heavy (non-hydrogen) atoms. The van der Waals surface area contributed by atoms with Gasteiger partial charge in [-0.3, -0.25) is 0 Å². The molecule has 0 atom stereocenters. The van der Waals surface area contributed by atoms with E-state index in [4.69, 9.17) is 9.05 Å². The van der Waals surface area contributed by atoms with Crippen molar-refractivity contribution < 1.29 is 13.8 Å². The first-order chi connectivity index (χ1) is 25.2. The number of rotatable bonds is 14. The van der Waals surface area contributed by atoms with Crippen molar-refractivity contribution in [2.24, 2.45) is 0 Å². The molecule has 6 rings (SSSR count). The van der Waals surface area contributed by atoms with Crippen molar-refractivity contribution in [2.45, 2.75) is 0 Å². The maximum atomic E-state index is 15.8. The van der Waals surface area contributed by atoms with Gasteiger partial charge in [0.1, 0.15) is 0 Å². The number of carbonyl (C=O) groups excluding carboxylic acids is 1. The molecular formula is C45H50N2O3P2. The van der Waals surface area contributed by atoms with Crippen LogP contribution in [0.3, 0.4) is 0 Å². The maximum absolute atomic E-state index is 15.8. The summed E-state index contributed by atoms with van der Waals surface area (Å²) in [6.07, 6.45) is 0.434. The van der Waals surface area contributed by atoms with Crippen LogP contribution in [0.15, 0.2) is 182 Å². The van der Waals surface area contributed by atoms with Gasteiger partial charge in [0.15, 0.2) is 0 Å². The SMILES string of the molecule is CN(C)CCP(OC(=O)OP(CCN(C)C)(c1ccccc1)(c1ccccc1)c1ccccc1)(c1ccccc1)(c1ccccc1)c1ccccc1. The van der Waals surface area contributed by atoms with Crippen LogP contribution in [0.4, 0.5) is 4.79 Å². The number of carbonyl (C=O) groups is 1. The summed E-state index contributed by atoms with van der Waals surface area (Å²) >= 11 is 0. The van der Waals surface area contributed by atoms with E-state index >= 15 is 4.79 Å². The molecule has 7 heteroatoms. The van der Waals surface area contributed by atoms with Crippen LogP contribution in [-0.4, -0.2) is 69.6 Å². The molecule has 0 aliphatic heterocycles. The Morgan fingerprint density at radius 2 is 0.577 bits per heavy atom. The summed E-state index contributed by atoms with van der Waals surface area (Å²) in [5.41, 5.74) is 0. The average Bonchev–Trinajstić information content (AvgIpc) is 3.20. The van der Waals surface area contributed by atoms with Crippen molar-refractivity contribution in [2.75, 3.05) is 53.6 Å². The van der Waals surface area contributed by atoms with E-state index in [1.807, 2.05) is 109 Å². The summed E-state index contributed by atoms with van der Waals surface area (Å²) in [7, 11) is 8.27. The van der Waals surface area contributed by atoms with E-state index in [1.165, 1.54) is 0 Å². The van der Waals surface area contributed by atoms with Gasteiger partial charge in [0.05, 0.1) is 0 Å². The molecule has 0 aliphatic carbocycles. The summed E-state index contributed by atoms with van der Waals surface area (Å²) in [6.45, 7) is -6.91. The number of hydrogen-bond donors (Lipinski definition) is 0. The van der Waals surface area contributed by atoms with Gasteiger partial charge >= 0.3 is 311 Å². The second-order valence-electron chi connectivity index (χ2n) is 13.9. The van der Waals surface area contributed by atoms with Gasteiger partial charge in [-0.25, -0.2) is 0 Å². The first-order valence-corrected chi connectivity index (χ1v) is 22.5. The van der Waals surface area contributed by atoms with Crippen LogP contribution in [0.2, 0.25) is 0 Å². The quantitative estimate of drug-likeness (QED) is 0.112. The van der Waals surface area contributed by atoms with Crippen molar-refractivity contribution in [3.63, 3.8) is 0 Å². The van der Waals surface area contributed by atoms with Crippen LogP contribution in [0.1, 0.15) is 0 Å². The van der Waals surface area contributed by atoms with Crippen LogP contribution >= 0.6 is 13.7 Å². The molecule has 0 aliphatic rings. The van der Waals surface area contributed by atoms with Gasteiger partial charge in [-0.2, -0.15) is 0 Å². The second-order valence-corrected chi connectivity index (χ2v) is 23.1. The fourth-order valence-corrected chi connectivity index (χ4v) is 19.0. The number of nitrogens with zero attached hydrogens (tertiary/aromatic N) is 2.